The maximum atomic E-state index is 12.5. The summed E-state index contributed by atoms with van der Waals surface area (Å²) in [7, 11) is 0. The summed E-state index contributed by atoms with van der Waals surface area (Å²) in [6.45, 7) is 0.533. The molecule has 0 aliphatic heterocycles. The Morgan fingerprint density at radius 1 is 1.06 bits per heavy atom. The zero-order valence-electron chi connectivity index (χ0n) is 18.3. The van der Waals surface area contributed by atoms with Crippen LogP contribution in [-0.2, 0) is 11.2 Å². The van der Waals surface area contributed by atoms with E-state index < -0.39 is 11.8 Å². The first-order valence-corrected chi connectivity index (χ1v) is 11.1. The monoisotopic (exact) mass is 467 g/mol. The van der Waals surface area contributed by atoms with Crippen molar-refractivity contribution in [2.75, 3.05) is 11.9 Å². The molecule has 2 aromatic heterocycles. The molecule has 2 aromatic carbocycles. The largest absolute Gasteiger partial charge is 0.369 e. The molecule has 1 atom stereocenters. The molecule has 0 fully saturated rings. The van der Waals surface area contributed by atoms with E-state index in [1.807, 2.05) is 54.6 Å². The van der Waals surface area contributed by atoms with Gasteiger partial charge >= 0.3 is 0 Å². The molecule has 168 valence electrons. The highest BCUT2D eigenvalue weighted by Gasteiger charge is 2.25. The number of nitrogens with one attached hydrogen (secondary N) is 1. The average molecular weight is 468 g/mol. The fourth-order valence-corrected chi connectivity index (χ4v) is 4.09. The van der Waals surface area contributed by atoms with Gasteiger partial charge in [-0.3, -0.25) is 9.78 Å². The Morgan fingerprint density at radius 2 is 1.85 bits per heavy atom. The maximum absolute atomic E-state index is 12.5. The smallest absolute Gasteiger partial charge is 0.229 e. The fourth-order valence-electron chi connectivity index (χ4n) is 3.86. The van der Waals surface area contributed by atoms with Crippen LogP contribution in [0.25, 0.3) is 11.3 Å². The maximum Gasteiger partial charge on any atom is 0.229 e. The number of nitrogens with two attached hydrogens (primary N) is 1. The summed E-state index contributed by atoms with van der Waals surface area (Å²) in [6, 6.07) is 24.3. The van der Waals surface area contributed by atoms with E-state index in [2.05, 4.69) is 16.4 Å². The van der Waals surface area contributed by atoms with E-state index in [9.17, 15) is 10.1 Å². The van der Waals surface area contributed by atoms with Gasteiger partial charge in [0.05, 0.1) is 23.2 Å². The Kier molecular flexibility index (Phi) is 7.16. The number of carbonyl (C=O) groups is 1. The molecule has 1 amide bonds. The zero-order chi connectivity index (χ0) is 23.9. The molecule has 4 aromatic rings. The second-order valence-corrected chi connectivity index (χ2v) is 8.09. The second-order valence-electron chi connectivity index (χ2n) is 7.68. The van der Waals surface area contributed by atoms with Gasteiger partial charge in [-0.1, -0.05) is 60.1 Å². The van der Waals surface area contributed by atoms with Gasteiger partial charge in [0.2, 0.25) is 5.91 Å². The van der Waals surface area contributed by atoms with Gasteiger partial charge in [0, 0.05) is 35.1 Å². The van der Waals surface area contributed by atoms with E-state index in [1.54, 1.807) is 30.6 Å². The van der Waals surface area contributed by atoms with Gasteiger partial charge in [0.1, 0.15) is 5.82 Å². The highest BCUT2D eigenvalue weighted by atomic mass is 35.5. The molecule has 34 heavy (non-hydrogen) atoms. The SMILES string of the molecule is N#Cc1ccccc1-c1ccc(C(C(N)=O)c2cccnc2)c(NCCc2ccccc2Cl)n1. The van der Waals surface area contributed by atoms with Crippen LogP contribution in [0.1, 0.15) is 28.2 Å². The van der Waals surface area contributed by atoms with Crippen LogP contribution in [0.2, 0.25) is 5.02 Å². The average Bonchev–Trinajstić information content (AvgIpc) is 2.86. The molecule has 0 radical (unpaired) electrons. The Morgan fingerprint density at radius 3 is 2.59 bits per heavy atom. The Balaban J connectivity index is 1.75. The van der Waals surface area contributed by atoms with E-state index in [0.29, 0.717) is 51.8 Å². The van der Waals surface area contributed by atoms with Gasteiger partial charge in [0.15, 0.2) is 0 Å². The number of hydrogen-bond acceptors (Lipinski definition) is 5. The van der Waals surface area contributed by atoms with Gasteiger partial charge in [0.25, 0.3) is 0 Å². The lowest BCUT2D eigenvalue weighted by Crippen LogP contribution is -2.24. The third-order valence-corrected chi connectivity index (χ3v) is 5.88. The van der Waals surface area contributed by atoms with Crippen molar-refractivity contribution in [3.63, 3.8) is 0 Å². The first kappa shape index (κ1) is 23.0. The molecule has 3 N–H and O–H groups in total. The predicted octanol–water partition coefficient (Wildman–Crippen LogP) is 4.94. The molecule has 0 bridgehead atoms. The number of primary amides is 1. The summed E-state index contributed by atoms with van der Waals surface area (Å²) in [5.41, 5.74) is 9.99. The molecule has 0 aliphatic carbocycles. The van der Waals surface area contributed by atoms with E-state index >= 15 is 0 Å². The number of anilines is 1. The Hall–Kier alpha value is -4.21. The third-order valence-electron chi connectivity index (χ3n) is 5.51. The molecule has 0 saturated heterocycles. The molecule has 0 saturated carbocycles. The van der Waals surface area contributed by atoms with Crippen LogP contribution in [0.5, 0.6) is 0 Å². The van der Waals surface area contributed by atoms with E-state index in [1.165, 1.54) is 0 Å². The van der Waals surface area contributed by atoms with Gasteiger partial charge in [-0.2, -0.15) is 5.26 Å². The summed E-state index contributed by atoms with van der Waals surface area (Å²) >= 11 is 6.31. The number of carbonyl (C=O) groups excluding carboxylic acids is 1. The number of aromatic nitrogens is 2. The minimum Gasteiger partial charge on any atom is -0.369 e. The van der Waals surface area contributed by atoms with E-state index in [-0.39, 0.29) is 0 Å². The summed E-state index contributed by atoms with van der Waals surface area (Å²) in [5.74, 6) is -0.719. The molecular formula is C27H22ClN5O. The highest BCUT2D eigenvalue weighted by Crippen LogP contribution is 2.32. The van der Waals surface area contributed by atoms with Gasteiger partial charge < -0.3 is 11.1 Å². The van der Waals surface area contributed by atoms with E-state index in [0.717, 1.165) is 5.56 Å². The van der Waals surface area contributed by atoms with Crippen LogP contribution >= 0.6 is 11.6 Å². The molecule has 2 heterocycles. The topological polar surface area (TPSA) is 105 Å². The number of amides is 1. The molecule has 7 heteroatoms. The number of nitrogens with zero attached hydrogens (tertiary/aromatic N) is 3. The standard InChI is InChI=1S/C27H22ClN5O/c28-23-10-4-2-6-18(23)13-15-32-27-22(25(26(30)34)20-8-5-14-31-17-20)11-12-24(33-27)21-9-3-1-7-19(21)16-29/h1-12,14,17,25H,13,15H2,(H2,30,34)(H,32,33). The number of nitriles is 1. The van der Waals surface area contributed by atoms with Crippen LogP contribution in [0.15, 0.2) is 85.2 Å². The first-order chi connectivity index (χ1) is 16.6. The van der Waals surface area contributed by atoms with Gasteiger partial charge in [-0.15, -0.1) is 0 Å². The normalized spacial score (nSPS) is 11.4. The van der Waals surface area contributed by atoms with Crippen molar-refractivity contribution in [2.24, 2.45) is 5.73 Å². The number of halogens is 1. The predicted molar refractivity (Wildman–Crippen MR) is 133 cm³/mol. The minimum absolute atomic E-state index is 0.505. The number of benzene rings is 2. The van der Waals surface area contributed by atoms with Crippen LogP contribution in [0, 0.1) is 11.3 Å². The number of pyridine rings is 2. The highest BCUT2D eigenvalue weighted by molar-refractivity contribution is 6.31. The van der Waals surface area contributed by atoms with Crippen molar-refractivity contribution in [1.82, 2.24) is 9.97 Å². The van der Waals surface area contributed by atoms with Crippen molar-refractivity contribution in [3.05, 3.63) is 112 Å². The van der Waals surface area contributed by atoms with Gasteiger partial charge in [-0.05, 0) is 41.8 Å². The number of hydrogen-bond donors (Lipinski definition) is 2. The van der Waals surface area contributed by atoms with Crippen molar-refractivity contribution in [1.29, 1.82) is 5.26 Å². The Bertz CT molecular complexity index is 1350. The van der Waals surface area contributed by atoms with Crippen molar-refractivity contribution >= 4 is 23.3 Å². The lowest BCUT2D eigenvalue weighted by Gasteiger charge is -2.19. The molecule has 0 spiro atoms. The van der Waals surface area contributed by atoms with Crippen LogP contribution in [0.4, 0.5) is 5.82 Å². The van der Waals surface area contributed by atoms with Crippen molar-refractivity contribution in [3.8, 4) is 17.3 Å². The van der Waals surface area contributed by atoms with Crippen molar-refractivity contribution in [2.45, 2.75) is 12.3 Å². The van der Waals surface area contributed by atoms with E-state index in [4.69, 9.17) is 22.3 Å². The molecule has 1 unspecified atom stereocenters. The molecule has 6 nitrogen and oxygen atoms in total. The minimum atomic E-state index is -0.732. The molecular weight excluding hydrogens is 446 g/mol. The lowest BCUT2D eigenvalue weighted by molar-refractivity contribution is -0.118. The quantitative estimate of drug-likeness (QED) is 0.382. The van der Waals surface area contributed by atoms with Crippen molar-refractivity contribution < 1.29 is 4.79 Å². The lowest BCUT2D eigenvalue weighted by atomic mass is 9.91. The second kappa shape index (κ2) is 10.6. The van der Waals surface area contributed by atoms with Crippen LogP contribution in [0.3, 0.4) is 0 Å². The number of rotatable bonds is 8. The van der Waals surface area contributed by atoms with Crippen LogP contribution < -0.4 is 11.1 Å². The zero-order valence-corrected chi connectivity index (χ0v) is 19.0. The first-order valence-electron chi connectivity index (χ1n) is 10.8. The third kappa shape index (κ3) is 5.06. The summed E-state index contributed by atoms with van der Waals surface area (Å²) < 4.78 is 0. The van der Waals surface area contributed by atoms with Crippen LogP contribution in [-0.4, -0.2) is 22.4 Å². The fraction of sp³-hybridized carbons (Fsp3) is 0.111. The molecule has 0 aliphatic rings. The Labute approximate surface area is 203 Å². The summed E-state index contributed by atoms with van der Waals surface area (Å²) in [4.78, 5) is 21.5. The van der Waals surface area contributed by atoms with Gasteiger partial charge in [-0.25, -0.2) is 4.98 Å². The molecule has 4 rings (SSSR count). The summed E-state index contributed by atoms with van der Waals surface area (Å²) in [6.07, 6.45) is 3.93. The summed E-state index contributed by atoms with van der Waals surface area (Å²) in [5, 5.41) is 13.6.